The summed E-state index contributed by atoms with van der Waals surface area (Å²) in [6.45, 7) is 9.05. The number of esters is 1. The Bertz CT molecular complexity index is 1120. The number of halogens is 2. The van der Waals surface area contributed by atoms with Gasteiger partial charge in [0.25, 0.3) is 0 Å². The van der Waals surface area contributed by atoms with Crippen molar-refractivity contribution < 1.29 is 37.4 Å². The molecule has 0 aromatic heterocycles. The lowest BCUT2D eigenvalue weighted by atomic mass is 9.97. The molecule has 1 aromatic rings. The predicted octanol–water partition coefficient (Wildman–Crippen LogP) is 3.94. The SMILES string of the molecule is C=C1N=C(N)C=CN1[C@@H]1O[C@H]([C@@H](C)O[P@](=O)(C[C@@H](C)C(=O)OC(C)C)Oc2ccccc2)[C@H](O)C1(Cl)CF. The summed E-state index contributed by atoms with van der Waals surface area (Å²) in [7, 11) is -4.06. The normalized spacial score (nSPS) is 28.5. The molecule has 0 aliphatic carbocycles. The van der Waals surface area contributed by atoms with E-state index in [1.165, 1.54) is 24.1 Å². The zero-order chi connectivity index (χ0) is 28.3. The first-order chi connectivity index (χ1) is 17.8. The van der Waals surface area contributed by atoms with Crippen LogP contribution in [0.4, 0.5) is 4.39 Å². The number of benzene rings is 1. The number of carbonyl (C=O) groups is 1. The van der Waals surface area contributed by atoms with E-state index in [2.05, 4.69) is 11.6 Å². The van der Waals surface area contributed by atoms with Crippen LogP contribution in [0.1, 0.15) is 27.7 Å². The first-order valence-electron chi connectivity index (χ1n) is 12.1. The van der Waals surface area contributed by atoms with Gasteiger partial charge in [-0.3, -0.25) is 9.32 Å². The number of ether oxygens (including phenoxy) is 2. The van der Waals surface area contributed by atoms with Crippen molar-refractivity contribution in [1.82, 2.24) is 4.90 Å². The predicted molar refractivity (Wildman–Crippen MR) is 141 cm³/mol. The van der Waals surface area contributed by atoms with E-state index in [0.29, 0.717) is 0 Å². The summed E-state index contributed by atoms with van der Waals surface area (Å²) in [6.07, 6.45) is -2.95. The molecule has 2 aliphatic rings. The third-order valence-electron chi connectivity index (χ3n) is 5.95. The minimum Gasteiger partial charge on any atom is -0.463 e. The highest BCUT2D eigenvalue weighted by Crippen LogP contribution is 2.53. The van der Waals surface area contributed by atoms with E-state index in [1.807, 2.05) is 0 Å². The summed E-state index contributed by atoms with van der Waals surface area (Å²) in [5, 5.41) is 11.1. The largest absolute Gasteiger partial charge is 0.463 e. The Balaban J connectivity index is 1.85. The molecule has 38 heavy (non-hydrogen) atoms. The van der Waals surface area contributed by atoms with Gasteiger partial charge in [-0.15, -0.1) is 11.6 Å². The standard InChI is InChI=1S/C25H34ClFN3O7P/c1-15(2)34-23(32)16(3)13-38(33,37-19-9-7-6-8-10-19)36-17(4)21-22(31)25(26,14-27)24(35-21)30-12-11-20(28)29-18(30)5/h6-12,15-17,21-22,24,31H,5,13-14H2,1-4H3,(H2,28,29)/t16-,17-,21-,22+,24-,25?,38-/m1/s1. The van der Waals surface area contributed by atoms with Gasteiger partial charge in [-0.05, 0) is 39.0 Å². The third kappa shape index (κ3) is 6.76. The summed E-state index contributed by atoms with van der Waals surface area (Å²) in [5.41, 5.74) is 5.69. The van der Waals surface area contributed by atoms with Gasteiger partial charge in [0.05, 0.1) is 24.3 Å². The molecule has 10 nitrogen and oxygen atoms in total. The number of aliphatic imine (C=N–C) groups is 1. The van der Waals surface area contributed by atoms with Gasteiger partial charge in [-0.2, -0.15) is 0 Å². The second kappa shape index (κ2) is 12.2. The number of aliphatic hydroxyl groups excluding tert-OH is 1. The first kappa shape index (κ1) is 30.1. The monoisotopic (exact) mass is 573 g/mol. The van der Waals surface area contributed by atoms with Crippen LogP contribution in [0.2, 0.25) is 0 Å². The Hall–Kier alpha value is -2.43. The lowest BCUT2D eigenvalue weighted by molar-refractivity contribution is -0.151. The van der Waals surface area contributed by atoms with Crippen molar-refractivity contribution in [1.29, 1.82) is 0 Å². The minimum atomic E-state index is -4.06. The maximum atomic E-state index is 14.3. The molecule has 2 aliphatic heterocycles. The molecule has 3 N–H and O–H groups in total. The number of hydrogen-bond acceptors (Lipinski definition) is 10. The molecule has 0 radical (unpaired) electrons. The minimum absolute atomic E-state index is 0.130. The fraction of sp³-hybridized carbons (Fsp3) is 0.520. The van der Waals surface area contributed by atoms with Crippen molar-refractivity contribution in [2.75, 3.05) is 12.8 Å². The number of nitrogens with two attached hydrogens (primary N) is 1. The van der Waals surface area contributed by atoms with Crippen molar-refractivity contribution in [2.45, 2.75) is 63.2 Å². The number of rotatable bonds is 11. The topological polar surface area (TPSA) is 133 Å². The van der Waals surface area contributed by atoms with E-state index in [0.717, 1.165) is 0 Å². The van der Waals surface area contributed by atoms with Gasteiger partial charge < -0.3 is 29.7 Å². The van der Waals surface area contributed by atoms with E-state index in [9.17, 15) is 18.9 Å². The van der Waals surface area contributed by atoms with Crippen LogP contribution in [0.5, 0.6) is 5.75 Å². The average Bonchev–Trinajstić information content (AvgIpc) is 3.10. The van der Waals surface area contributed by atoms with Crippen LogP contribution < -0.4 is 10.3 Å². The molecular formula is C25H34ClFN3O7P. The quantitative estimate of drug-likeness (QED) is 0.229. The van der Waals surface area contributed by atoms with Crippen molar-refractivity contribution in [3.63, 3.8) is 0 Å². The highest BCUT2D eigenvalue weighted by Gasteiger charge is 2.60. The van der Waals surface area contributed by atoms with Gasteiger partial charge in [0.15, 0.2) is 6.23 Å². The van der Waals surface area contributed by atoms with Gasteiger partial charge in [0.1, 0.15) is 41.2 Å². The molecule has 1 aromatic carbocycles. The summed E-state index contributed by atoms with van der Waals surface area (Å²) in [6, 6.07) is 8.30. The highest BCUT2D eigenvalue weighted by atomic mass is 35.5. The fourth-order valence-electron chi connectivity index (χ4n) is 4.08. The molecule has 1 unspecified atom stereocenters. The molecule has 13 heteroatoms. The molecule has 3 rings (SSSR count). The second-order valence-corrected chi connectivity index (χ2v) is 12.2. The number of carbonyl (C=O) groups excluding carboxylic acids is 1. The van der Waals surface area contributed by atoms with Crippen molar-refractivity contribution in [2.24, 2.45) is 16.6 Å². The number of aliphatic hydroxyl groups is 1. The van der Waals surface area contributed by atoms with Crippen molar-refractivity contribution in [3.8, 4) is 5.75 Å². The fourth-order valence-corrected chi connectivity index (χ4v) is 6.45. The van der Waals surface area contributed by atoms with Gasteiger partial charge in [0.2, 0.25) is 0 Å². The molecule has 2 heterocycles. The van der Waals surface area contributed by atoms with Crippen LogP contribution in [0.3, 0.4) is 0 Å². The van der Waals surface area contributed by atoms with Crippen LogP contribution >= 0.6 is 19.2 Å². The maximum Gasteiger partial charge on any atom is 0.380 e. The summed E-state index contributed by atoms with van der Waals surface area (Å²) >= 11 is 6.56. The summed E-state index contributed by atoms with van der Waals surface area (Å²) in [5.74, 6) is -0.853. The summed E-state index contributed by atoms with van der Waals surface area (Å²) in [4.78, 5) is 15.9. The zero-order valence-corrected chi connectivity index (χ0v) is 23.3. The number of nitrogens with zero attached hydrogens (tertiary/aromatic N) is 2. The molecule has 1 saturated heterocycles. The Morgan fingerprint density at radius 2 is 2.00 bits per heavy atom. The third-order valence-corrected chi connectivity index (χ3v) is 8.60. The molecule has 0 amide bonds. The zero-order valence-electron chi connectivity index (χ0n) is 21.7. The lowest BCUT2D eigenvalue weighted by Crippen LogP contribution is -2.51. The lowest BCUT2D eigenvalue weighted by Gasteiger charge is -2.35. The molecule has 1 fully saturated rings. The molecule has 0 bridgehead atoms. The van der Waals surface area contributed by atoms with Crippen LogP contribution in [0, 0.1) is 5.92 Å². The Morgan fingerprint density at radius 3 is 2.58 bits per heavy atom. The van der Waals surface area contributed by atoms with Gasteiger partial charge in [-0.1, -0.05) is 31.7 Å². The first-order valence-corrected chi connectivity index (χ1v) is 14.2. The van der Waals surface area contributed by atoms with E-state index in [4.69, 9.17) is 35.9 Å². The number of amidine groups is 1. The van der Waals surface area contributed by atoms with Crippen LogP contribution in [0.25, 0.3) is 0 Å². The van der Waals surface area contributed by atoms with Gasteiger partial charge in [0, 0.05) is 6.20 Å². The Labute approximate surface area is 226 Å². The highest BCUT2D eigenvalue weighted by molar-refractivity contribution is 7.54. The molecule has 0 saturated carbocycles. The van der Waals surface area contributed by atoms with E-state index in [-0.39, 0.29) is 29.7 Å². The van der Waals surface area contributed by atoms with Gasteiger partial charge >= 0.3 is 13.6 Å². The van der Waals surface area contributed by atoms with Gasteiger partial charge in [-0.25, -0.2) is 13.9 Å². The van der Waals surface area contributed by atoms with E-state index >= 15 is 0 Å². The molecule has 7 atom stereocenters. The van der Waals surface area contributed by atoms with E-state index in [1.54, 1.807) is 51.1 Å². The number of para-hydroxylation sites is 1. The Morgan fingerprint density at radius 1 is 1.34 bits per heavy atom. The van der Waals surface area contributed by atoms with Crippen LogP contribution in [-0.2, 0) is 23.4 Å². The molecule has 210 valence electrons. The number of hydrogen-bond donors (Lipinski definition) is 2. The summed E-state index contributed by atoms with van der Waals surface area (Å²) < 4.78 is 51.1. The maximum absolute atomic E-state index is 14.3. The second-order valence-electron chi connectivity index (χ2n) is 9.53. The Kier molecular flexibility index (Phi) is 9.65. The number of alkyl halides is 2. The van der Waals surface area contributed by atoms with Crippen LogP contribution in [0.15, 0.2) is 60.0 Å². The average molecular weight is 574 g/mol. The van der Waals surface area contributed by atoms with Crippen molar-refractivity contribution >= 4 is 31.0 Å². The van der Waals surface area contributed by atoms with Crippen LogP contribution in [-0.4, -0.2) is 70.2 Å². The molecular weight excluding hydrogens is 540 g/mol. The van der Waals surface area contributed by atoms with E-state index < -0.39 is 55.6 Å². The smallest absolute Gasteiger partial charge is 0.380 e. The molecule has 0 spiro atoms. The van der Waals surface area contributed by atoms with Crippen molar-refractivity contribution in [3.05, 3.63) is 55.0 Å².